The van der Waals surface area contributed by atoms with E-state index in [2.05, 4.69) is 64.2 Å². The van der Waals surface area contributed by atoms with Crippen molar-refractivity contribution in [3.8, 4) is 0 Å². The normalized spacial score (nSPS) is 13.5. The zero-order valence-corrected chi connectivity index (χ0v) is 13.1. The van der Waals surface area contributed by atoms with Gasteiger partial charge in [-0.15, -0.1) is 0 Å². The lowest BCUT2D eigenvalue weighted by Gasteiger charge is -2.28. The van der Waals surface area contributed by atoms with Gasteiger partial charge < -0.3 is 11.1 Å². The summed E-state index contributed by atoms with van der Waals surface area (Å²) in [6.07, 6.45) is 0. The van der Waals surface area contributed by atoms with E-state index in [9.17, 15) is 0 Å². The molecule has 0 spiro atoms. The Bertz CT molecular complexity index is 363. The molecule has 3 N–H and O–H groups in total. The van der Waals surface area contributed by atoms with Crippen molar-refractivity contribution in [1.82, 2.24) is 5.32 Å². The van der Waals surface area contributed by atoms with Crippen molar-refractivity contribution in [2.45, 2.75) is 40.7 Å². The first-order valence-electron chi connectivity index (χ1n) is 7.46. The molecule has 0 radical (unpaired) electrons. The SMILES string of the molecule is Cc1ccccc1C(CN)NCC(C(C)C)C(C)C. The summed E-state index contributed by atoms with van der Waals surface area (Å²) in [7, 11) is 0. The van der Waals surface area contributed by atoms with E-state index in [0.29, 0.717) is 24.3 Å². The maximum absolute atomic E-state index is 5.95. The molecule has 0 bridgehead atoms. The van der Waals surface area contributed by atoms with Crippen LogP contribution in [0.2, 0.25) is 0 Å². The Balaban J connectivity index is 2.70. The summed E-state index contributed by atoms with van der Waals surface area (Å²) >= 11 is 0. The molecular formula is C17H30N2. The molecule has 0 fully saturated rings. The molecular weight excluding hydrogens is 232 g/mol. The molecule has 108 valence electrons. The van der Waals surface area contributed by atoms with Crippen molar-refractivity contribution in [1.29, 1.82) is 0 Å². The van der Waals surface area contributed by atoms with Gasteiger partial charge in [0.2, 0.25) is 0 Å². The van der Waals surface area contributed by atoms with Crippen LogP contribution >= 0.6 is 0 Å². The van der Waals surface area contributed by atoms with Crippen LogP contribution in [0.1, 0.15) is 44.9 Å². The maximum atomic E-state index is 5.95. The predicted octanol–water partition coefficient (Wildman–Crippen LogP) is 3.51. The molecule has 0 saturated carbocycles. The molecule has 0 aliphatic heterocycles. The van der Waals surface area contributed by atoms with Crippen LogP contribution in [0.4, 0.5) is 0 Å². The number of benzene rings is 1. The minimum atomic E-state index is 0.265. The standard InChI is InChI=1S/C17H30N2/c1-12(2)16(13(3)4)11-19-17(10-18)15-9-7-6-8-14(15)5/h6-9,12-13,16-17,19H,10-11,18H2,1-5H3. The summed E-state index contributed by atoms with van der Waals surface area (Å²) in [5.41, 5.74) is 8.60. The van der Waals surface area contributed by atoms with Gasteiger partial charge in [-0.2, -0.15) is 0 Å². The number of nitrogens with one attached hydrogen (secondary N) is 1. The highest BCUT2D eigenvalue weighted by atomic mass is 14.9. The van der Waals surface area contributed by atoms with Crippen LogP contribution in [-0.4, -0.2) is 13.1 Å². The third-order valence-corrected chi connectivity index (χ3v) is 4.11. The molecule has 0 aliphatic rings. The van der Waals surface area contributed by atoms with Crippen LogP contribution in [0.5, 0.6) is 0 Å². The van der Waals surface area contributed by atoms with Gasteiger partial charge >= 0.3 is 0 Å². The molecule has 0 aromatic heterocycles. The van der Waals surface area contributed by atoms with Gasteiger partial charge in [0.25, 0.3) is 0 Å². The second-order valence-electron chi connectivity index (χ2n) is 6.21. The van der Waals surface area contributed by atoms with E-state index in [1.165, 1.54) is 11.1 Å². The van der Waals surface area contributed by atoms with Crippen molar-refractivity contribution < 1.29 is 0 Å². The minimum absolute atomic E-state index is 0.265. The van der Waals surface area contributed by atoms with Gasteiger partial charge in [-0.25, -0.2) is 0 Å². The molecule has 1 aromatic rings. The van der Waals surface area contributed by atoms with Crippen LogP contribution in [0.3, 0.4) is 0 Å². The number of aryl methyl sites for hydroxylation is 1. The van der Waals surface area contributed by atoms with E-state index in [0.717, 1.165) is 6.54 Å². The van der Waals surface area contributed by atoms with Crippen LogP contribution in [0.25, 0.3) is 0 Å². The third-order valence-electron chi connectivity index (χ3n) is 4.11. The second kappa shape index (κ2) is 7.66. The fourth-order valence-corrected chi connectivity index (χ4v) is 2.82. The van der Waals surface area contributed by atoms with E-state index in [4.69, 9.17) is 5.73 Å². The topological polar surface area (TPSA) is 38.0 Å². The van der Waals surface area contributed by atoms with Gasteiger partial charge in [0.05, 0.1) is 0 Å². The average Bonchev–Trinajstić information content (AvgIpc) is 2.35. The quantitative estimate of drug-likeness (QED) is 0.789. The second-order valence-corrected chi connectivity index (χ2v) is 6.21. The summed E-state index contributed by atoms with van der Waals surface area (Å²) in [6, 6.07) is 8.77. The Kier molecular flexibility index (Phi) is 6.53. The Hall–Kier alpha value is -0.860. The number of nitrogens with two attached hydrogens (primary N) is 1. The zero-order chi connectivity index (χ0) is 14.4. The third kappa shape index (κ3) is 4.63. The highest BCUT2D eigenvalue weighted by Gasteiger charge is 2.19. The summed E-state index contributed by atoms with van der Waals surface area (Å²) in [4.78, 5) is 0. The van der Waals surface area contributed by atoms with Crippen molar-refractivity contribution in [3.05, 3.63) is 35.4 Å². The van der Waals surface area contributed by atoms with E-state index >= 15 is 0 Å². The molecule has 1 atom stereocenters. The van der Waals surface area contributed by atoms with Crippen molar-refractivity contribution in [3.63, 3.8) is 0 Å². The van der Waals surface area contributed by atoms with Crippen LogP contribution in [0, 0.1) is 24.7 Å². The van der Waals surface area contributed by atoms with E-state index in [1.807, 2.05) is 0 Å². The first kappa shape index (κ1) is 16.2. The smallest absolute Gasteiger partial charge is 0.0447 e. The Morgan fingerprint density at radius 3 is 2.11 bits per heavy atom. The Morgan fingerprint density at radius 2 is 1.63 bits per heavy atom. The van der Waals surface area contributed by atoms with Crippen molar-refractivity contribution in [2.75, 3.05) is 13.1 Å². The lowest BCUT2D eigenvalue weighted by Crippen LogP contribution is -2.36. The monoisotopic (exact) mass is 262 g/mol. The Morgan fingerprint density at radius 1 is 1.05 bits per heavy atom. The summed E-state index contributed by atoms with van der Waals surface area (Å²) in [6.45, 7) is 13.0. The van der Waals surface area contributed by atoms with Crippen molar-refractivity contribution in [2.24, 2.45) is 23.5 Å². The summed E-state index contributed by atoms with van der Waals surface area (Å²) < 4.78 is 0. The summed E-state index contributed by atoms with van der Waals surface area (Å²) in [5.74, 6) is 2.09. The average molecular weight is 262 g/mol. The van der Waals surface area contributed by atoms with Gasteiger partial charge in [0.1, 0.15) is 0 Å². The number of hydrogen-bond donors (Lipinski definition) is 2. The minimum Gasteiger partial charge on any atom is -0.329 e. The lowest BCUT2D eigenvalue weighted by molar-refractivity contribution is 0.266. The summed E-state index contributed by atoms with van der Waals surface area (Å²) in [5, 5.41) is 3.66. The lowest BCUT2D eigenvalue weighted by atomic mass is 9.85. The first-order chi connectivity index (χ1) is 8.97. The molecule has 19 heavy (non-hydrogen) atoms. The highest BCUT2D eigenvalue weighted by molar-refractivity contribution is 5.28. The fourth-order valence-electron chi connectivity index (χ4n) is 2.82. The molecule has 0 heterocycles. The first-order valence-corrected chi connectivity index (χ1v) is 7.46. The largest absolute Gasteiger partial charge is 0.329 e. The van der Waals surface area contributed by atoms with Gasteiger partial charge in [-0.3, -0.25) is 0 Å². The fraction of sp³-hybridized carbons (Fsp3) is 0.647. The van der Waals surface area contributed by atoms with Crippen LogP contribution < -0.4 is 11.1 Å². The van der Waals surface area contributed by atoms with E-state index in [-0.39, 0.29) is 6.04 Å². The van der Waals surface area contributed by atoms with E-state index < -0.39 is 0 Å². The van der Waals surface area contributed by atoms with Gasteiger partial charge in [0.15, 0.2) is 0 Å². The van der Waals surface area contributed by atoms with E-state index in [1.54, 1.807) is 0 Å². The number of hydrogen-bond acceptors (Lipinski definition) is 2. The molecule has 2 heteroatoms. The molecule has 1 aromatic carbocycles. The zero-order valence-electron chi connectivity index (χ0n) is 13.1. The molecule has 1 rings (SSSR count). The van der Waals surface area contributed by atoms with Crippen molar-refractivity contribution >= 4 is 0 Å². The maximum Gasteiger partial charge on any atom is 0.0447 e. The predicted molar refractivity (Wildman–Crippen MR) is 84.1 cm³/mol. The highest BCUT2D eigenvalue weighted by Crippen LogP contribution is 2.22. The molecule has 0 saturated heterocycles. The number of rotatable bonds is 7. The van der Waals surface area contributed by atoms with Gasteiger partial charge in [0, 0.05) is 12.6 Å². The molecule has 0 amide bonds. The molecule has 1 unspecified atom stereocenters. The van der Waals surface area contributed by atoms with Gasteiger partial charge in [-0.05, 0) is 42.3 Å². The molecule has 2 nitrogen and oxygen atoms in total. The van der Waals surface area contributed by atoms with Gasteiger partial charge in [-0.1, -0.05) is 52.0 Å². The van der Waals surface area contributed by atoms with Crippen LogP contribution in [0.15, 0.2) is 24.3 Å². The molecule has 0 aliphatic carbocycles. The Labute approximate surface area is 118 Å². The van der Waals surface area contributed by atoms with Crippen LogP contribution in [-0.2, 0) is 0 Å².